The van der Waals surface area contributed by atoms with Gasteiger partial charge in [0.2, 0.25) is 0 Å². The number of nitrogens with two attached hydrogens (primary N) is 1. The molecule has 0 bridgehead atoms. The summed E-state index contributed by atoms with van der Waals surface area (Å²) >= 11 is 1.62. The number of nitrogens with one attached hydrogen (secondary N) is 1. The number of fused-ring (bicyclic) bond motifs is 1. The number of aryl methyl sites for hydroxylation is 1. The zero-order valence-electron chi connectivity index (χ0n) is 10.6. The number of rotatable bonds is 4. The second kappa shape index (κ2) is 4.89. The first-order valence-corrected chi connectivity index (χ1v) is 6.91. The largest absolute Gasteiger partial charge is 0.399 e. The summed E-state index contributed by atoms with van der Waals surface area (Å²) in [6.45, 7) is 0.826. The minimum Gasteiger partial charge on any atom is -0.399 e. The first-order chi connectivity index (χ1) is 9.20. The lowest BCUT2D eigenvalue weighted by molar-refractivity contribution is 0.742. The standard InChI is InChI=1S/C13H15N5S/c1-18-7-5-10(17-18)4-6-15-13-16-11-3-2-9(14)8-12(11)19-13/h2-3,5,7-8H,4,6,14H2,1H3,(H,15,16). The predicted molar refractivity (Wildman–Crippen MR) is 79.4 cm³/mol. The molecule has 6 heteroatoms. The maximum atomic E-state index is 5.76. The maximum Gasteiger partial charge on any atom is 0.183 e. The molecule has 0 amide bonds. The molecule has 2 heterocycles. The van der Waals surface area contributed by atoms with Crippen molar-refractivity contribution in [1.29, 1.82) is 0 Å². The Hall–Kier alpha value is -2.08. The summed E-state index contributed by atoms with van der Waals surface area (Å²) in [6, 6.07) is 7.81. The van der Waals surface area contributed by atoms with Gasteiger partial charge < -0.3 is 11.1 Å². The van der Waals surface area contributed by atoms with Crippen molar-refractivity contribution in [3.8, 4) is 0 Å². The summed E-state index contributed by atoms with van der Waals surface area (Å²) in [6.07, 6.45) is 2.84. The van der Waals surface area contributed by atoms with Crippen LogP contribution in [0.5, 0.6) is 0 Å². The van der Waals surface area contributed by atoms with Gasteiger partial charge >= 0.3 is 0 Å². The minimum atomic E-state index is 0.774. The monoisotopic (exact) mass is 273 g/mol. The normalized spacial score (nSPS) is 11.0. The number of nitrogen functional groups attached to an aromatic ring is 1. The van der Waals surface area contributed by atoms with E-state index in [4.69, 9.17) is 5.73 Å². The first kappa shape index (κ1) is 12.0. The van der Waals surface area contributed by atoms with Gasteiger partial charge in [0.25, 0.3) is 0 Å². The van der Waals surface area contributed by atoms with Crippen molar-refractivity contribution in [2.75, 3.05) is 17.6 Å². The van der Waals surface area contributed by atoms with Gasteiger partial charge in [0.1, 0.15) is 0 Å². The Bertz CT molecular complexity index is 700. The van der Waals surface area contributed by atoms with E-state index >= 15 is 0 Å². The van der Waals surface area contributed by atoms with Gasteiger partial charge in [-0.3, -0.25) is 4.68 Å². The molecule has 0 saturated heterocycles. The molecule has 0 radical (unpaired) electrons. The second-order valence-electron chi connectivity index (χ2n) is 4.40. The van der Waals surface area contributed by atoms with E-state index in [1.807, 2.05) is 42.2 Å². The van der Waals surface area contributed by atoms with Crippen LogP contribution in [0.1, 0.15) is 5.69 Å². The lowest BCUT2D eigenvalue weighted by atomic mass is 10.3. The van der Waals surface area contributed by atoms with Crippen LogP contribution in [0.4, 0.5) is 10.8 Å². The topological polar surface area (TPSA) is 68.8 Å². The fourth-order valence-electron chi connectivity index (χ4n) is 1.91. The third-order valence-electron chi connectivity index (χ3n) is 2.84. The van der Waals surface area contributed by atoms with E-state index in [1.165, 1.54) is 0 Å². The number of benzene rings is 1. The molecule has 1 aromatic carbocycles. The molecule has 3 N–H and O–H groups in total. The molecule has 2 aromatic heterocycles. The van der Waals surface area contributed by atoms with Crippen LogP contribution in [-0.2, 0) is 13.5 Å². The highest BCUT2D eigenvalue weighted by Gasteiger charge is 2.04. The van der Waals surface area contributed by atoms with Crippen LogP contribution in [0.25, 0.3) is 10.2 Å². The molecular weight excluding hydrogens is 258 g/mol. The molecule has 5 nitrogen and oxygen atoms in total. The molecule has 0 aliphatic heterocycles. The number of anilines is 2. The predicted octanol–water partition coefficient (Wildman–Crippen LogP) is 2.27. The summed E-state index contributed by atoms with van der Waals surface area (Å²) in [5.74, 6) is 0. The highest BCUT2D eigenvalue weighted by molar-refractivity contribution is 7.22. The van der Waals surface area contributed by atoms with E-state index in [1.54, 1.807) is 11.3 Å². The van der Waals surface area contributed by atoms with Crippen LogP contribution >= 0.6 is 11.3 Å². The maximum absolute atomic E-state index is 5.76. The summed E-state index contributed by atoms with van der Waals surface area (Å²) in [7, 11) is 1.93. The average Bonchev–Trinajstić information content (AvgIpc) is 2.95. The van der Waals surface area contributed by atoms with Crippen LogP contribution in [-0.4, -0.2) is 21.3 Å². The molecule has 19 heavy (non-hydrogen) atoms. The molecule has 0 saturated carbocycles. The quantitative estimate of drug-likeness (QED) is 0.715. The second-order valence-corrected chi connectivity index (χ2v) is 5.43. The highest BCUT2D eigenvalue weighted by atomic mass is 32.1. The molecule has 0 fully saturated rings. The molecule has 3 aromatic rings. The molecule has 0 aliphatic carbocycles. The molecule has 98 valence electrons. The number of hydrogen-bond acceptors (Lipinski definition) is 5. The number of aromatic nitrogens is 3. The van der Waals surface area contributed by atoms with Gasteiger partial charge in [0.15, 0.2) is 5.13 Å². The highest BCUT2D eigenvalue weighted by Crippen LogP contribution is 2.27. The van der Waals surface area contributed by atoms with Crippen LogP contribution < -0.4 is 11.1 Å². The van der Waals surface area contributed by atoms with E-state index in [0.717, 1.165) is 39.7 Å². The van der Waals surface area contributed by atoms with Crippen molar-refractivity contribution in [2.24, 2.45) is 7.05 Å². The molecule has 0 unspecified atom stereocenters. The number of thiazole rings is 1. The van der Waals surface area contributed by atoms with Crippen LogP contribution in [0.3, 0.4) is 0 Å². The smallest absolute Gasteiger partial charge is 0.183 e. The van der Waals surface area contributed by atoms with Gasteiger partial charge in [-0.15, -0.1) is 0 Å². The van der Waals surface area contributed by atoms with Crippen molar-refractivity contribution in [2.45, 2.75) is 6.42 Å². The van der Waals surface area contributed by atoms with Crippen molar-refractivity contribution in [1.82, 2.24) is 14.8 Å². The van der Waals surface area contributed by atoms with E-state index < -0.39 is 0 Å². The molecular formula is C13H15N5S. The molecule has 0 spiro atoms. The van der Waals surface area contributed by atoms with Gasteiger partial charge in [-0.2, -0.15) is 5.10 Å². The van der Waals surface area contributed by atoms with Gasteiger partial charge in [0.05, 0.1) is 15.9 Å². The van der Waals surface area contributed by atoms with Gasteiger partial charge in [-0.1, -0.05) is 11.3 Å². The Balaban J connectivity index is 1.65. The molecule has 3 rings (SSSR count). The lowest BCUT2D eigenvalue weighted by Crippen LogP contribution is -2.05. The zero-order chi connectivity index (χ0) is 13.2. The van der Waals surface area contributed by atoms with Crippen LogP contribution in [0.2, 0.25) is 0 Å². The Morgan fingerprint density at radius 1 is 1.37 bits per heavy atom. The van der Waals surface area contributed by atoms with Crippen molar-refractivity contribution < 1.29 is 0 Å². The van der Waals surface area contributed by atoms with E-state index in [9.17, 15) is 0 Å². The van der Waals surface area contributed by atoms with E-state index in [2.05, 4.69) is 15.4 Å². The molecule has 0 atom stereocenters. The Morgan fingerprint density at radius 2 is 2.26 bits per heavy atom. The molecule has 0 aliphatic rings. The number of hydrogen-bond donors (Lipinski definition) is 2. The summed E-state index contributed by atoms with van der Waals surface area (Å²) in [5.41, 5.74) is 8.60. The van der Waals surface area contributed by atoms with Crippen molar-refractivity contribution in [3.05, 3.63) is 36.2 Å². The van der Waals surface area contributed by atoms with Crippen molar-refractivity contribution >= 4 is 32.4 Å². The minimum absolute atomic E-state index is 0.774. The third-order valence-corrected chi connectivity index (χ3v) is 3.81. The Labute approximate surface area is 115 Å². The van der Waals surface area contributed by atoms with Crippen LogP contribution in [0.15, 0.2) is 30.5 Å². The number of nitrogens with zero attached hydrogens (tertiary/aromatic N) is 3. The van der Waals surface area contributed by atoms with Gasteiger partial charge in [0, 0.05) is 31.9 Å². The average molecular weight is 273 g/mol. The van der Waals surface area contributed by atoms with Gasteiger partial charge in [-0.25, -0.2) is 4.98 Å². The van der Waals surface area contributed by atoms with Crippen molar-refractivity contribution in [3.63, 3.8) is 0 Å². The zero-order valence-corrected chi connectivity index (χ0v) is 11.4. The summed E-state index contributed by atoms with van der Waals surface area (Å²) < 4.78 is 2.93. The Morgan fingerprint density at radius 3 is 3.05 bits per heavy atom. The van der Waals surface area contributed by atoms with Crippen LogP contribution in [0, 0.1) is 0 Å². The first-order valence-electron chi connectivity index (χ1n) is 6.09. The lowest BCUT2D eigenvalue weighted by Gasteiger charge is -1.99. The fourth-order valence-corrected chi connectivity index (χ4v) is 2.85. The van der Waals surface area contributed by atoms with E-state index in [-0.39, 0.29) is 0 Å². The Kier molecular flexibility index (Phi) is 3.08. The van der Waals surface area contributed by atoms with E-state index in [0.29, 0.717) is 0 Å². The third kappa shape index (κ3) is 2.68. The summed E-state index contributed by atoms with van der Waals surface area (Å²) in [4.78, 5) is 4.52. The SMILES string of the molecule is Cn1ccc(CCNc2nc3ccc(N)cc3s2)n1. The summed E-state index contributed by atoms with van der Waals surface area (Å²) in [5, 5.41) is 8.60. The fraction of sp³-hybridized carbons (Fsp3) is 0.231. The van der Waals surface area contributed by atoms with Gasteiger partial charge in [-0.05, 0) is 24.3 Å².